The van der Waals surface area contributed by atoms with Crippen LogP contribution in [0.15, 0.2) is 48.6 Å². The molecule has 2 aromatic rings. The first kappa shape index (κ1) is 28.2. The van der Waals surface area contributed by atoms with Gasteiger partial charge in [0.25, 0.3) is 0 Å². The van der Waals surface area contributed by atoms with Gasteiger partial charge in [-0.05, 0) is 62.9 Å². The number of nitrogens with one attached hydrogen (secondary N) is 1. The van der Waals surface area contributed by atoms with E-state index in [0.29, 0.717) is 24.1 Å². The van der Waals surface area contributed by atoms with Crippen molar-refractivity contribution in [3.63, 3.8) is 0 Å². The first-order valence-electron chi connectivity index (χ1n) is 12.0. The number of benzene rings is 1. The van der Waals surface area contributed by atoms with Crippen molar-refractivity contribution in [1.82, 2.24) is 10.3 Å². The molecule has 0 saturated carbocycles. The van der Waals surface area contributed by atoms with E-state index < -0.39 is 33.2 Å². The summed E-state index contributed by atoms with van der Waals surface area (Å²) in [5, 5.41) is 2.71. The number of nitrogens with zero attached hydrogens (tertiary/aromatic N) is 2. The number of cyclic esters (lactones) is 1. The highest BCUT2D eigenvalue weighted by Gasteiger charge is 2.38. The number of anilines is 1. The summed E-state index contributed by atoms with van der Waals surface area (Å²) in [6.07, 6.45) is 5.68. The van der Waals surface area contributed by atoms with E-state index in [9.17, 15) is 18.0 Å². The molecule has 1 amide bonds. The molecule has 0 radical (unpaired) electrons. The van der Waals surface area contributed by atoms with Crippen LogP contribution >= 0.6 is 0 Å². The van der Waals surface area contributed by atoms with Crippen LogP contribution in [-0.4, -0.2) is 49.9 Å². The number of allylic oxidation sites excluding steroid dienone is 2. The second-order valence-corrected chi connectivity index (χ2v) is 12.5. The number of amides is 1. The molecule has 200 valence electrons. The van der Waals surface area contributed by atoms with Crippen molar-refractivity contribution < 1.29 is 27.5 Å². The number of aromatic nitrogens is 1. The van der Waals surface area contributed by atoms with Crippen molar-refractivity contribution >= 4 is 27.9 Å². The molecule has 9 nitrogen and oxygen atoms in total. The van der Waals surface area contributed by atoms with Gasteiger partial charge in [-0.15, -0.1) is 0 Å². The minimum absolute atomic E-state index is 0.131. The number of rotatable bonds is 3. The summed E-state index contributed by atoms with van der Waals surface area (Å²) >= 11 is 0. The molecule has 1 aromatic carbocycles. The fourth-order valence-electron chi connectivity index (χ4n) is 3.86. The van der Waals surface area contributed by atoms with Crippen molar-refractivity contribution in [3.8, 4) is 0 Å². The van der Waals surface area contributed by atoms with E-state index >= 15 is 0 Å². The SMILES string of the molecule is CN(c1cc2cc(n1)C/C=C\Cc1cccc(c1)CC(C)(NC(=O)OC(C)(C)C)C(=O)OC2)S(C)(=O)=O. The number of alkyl carbamates (subject to hydrolysis) is 1. The molecular weight excluding hydrogens is 494 g/mol. The normalized spacial score (nSPS) is 19.6. The Morgan fingerprint density at radius 1 is 1.11 bits per heavy atom. The van der Waals surface area contributed by atoms with Gasteiger partial charge in [-0.3, -0.25) is 4.31 Å². The Balaban J connectivity index is 2.01. The summed E-state index contributed by atoms with van der Waals surface area (Å²) in [6.45, 7) is 6.70. The maximum absolute atomic E-state index is 13.4. The van der Waals surface area contributed by atoms with E-state index in [0.717, 1.165) is 21.7 Å². The van der Waals surface area contributed by atoms with Crippen LogP contribution in [0.2, 0.25) is 0 Å². The molecule has 1 unspecified atom stereocenters. The molecule has 1 N–H and O–H groups in total. The number of ether oxygens (including phenoxy) is 2. The molecular formula is C27H35N3O6S. The topological polar surface area (TPSA) is 115 Å². The van der Waals surface area contributed by atoms with Crippen LogP contribution in [-0.2, 0) is 50.2 Å². The van der Waals surface area contributed by atoms with Gasteiger partial charge in [0.1, 0.15) is 23.6 Å². The number of sulfonamides is 1. The highest BCUT2D eigenvalue weighted by molar-refractivity contribution is 7.92. The molecule has 0 spiro atoms. The number of carbonyl (C=O) groups is 2. The third-order valence-corrected chi connectivity index (χ3v) is 6.92. The maximum atomic E-state index is 13.4. The standard InChI is InChI=1S/C27H35N3O6S/c1-26(2,3)36-25(32)29-27(4)17-20-12-9-11-19(14-20)10-7-8-13-22-15-21(18-35-24(27)31)16-23(28-22)30(5)37(6,33)34/h7-9,11-12,14-16H,10,13,17-18H2,1-6H3,(H,29,32)/b8-7-. The zero-order chi connectivity index (χ0) is 27.4. The zero-order valence-electron chi connectivity index (χ0n) is 22.2. The van der Waals surface area contributed by atoms with E-state index in [1.807, 2.05) is 36.4 Å². The molecule has 0 fully saturated rings. The number of esters is 1. The summed E-state index contributed by atoms with van der Waals surface area (Å²) in [4.78, 5) is 30.6. The number of pyridine rings is 1. The average molecular weight is 530 g/mol. The van der Waals surface area contributed by atoms with Gasteiger partial charge in [-0.25, -0.2) is 23.0 Å². The number of hydrogen-bond acceptors (Lipinski definition) is 7. The lowest BCUT2D eigenvalue weighted by Crippen LogP contribution is -2.55. The lowest BCUT2D eigenvalue weighted by atomic mass is 9.91. The monoisotopic (exact) mass is 529 g/mol. The van der Waals surface area contributed by atoms with Crippen molar-refractivity contribution in [1.29, 1.82) is 0 Å². The first-order chi connectivity index (χ1) is 17.1. The largest absolute Gasteiger partial charge is 0.459 e. The smallest absolute Gasteiger partial charge is 0.408 e. The van der Waals surface area contributed by atoms with E-state index in [4.69, 9.17) is 9.47 Å². The number of carbonyl (C=O) groups excluding carboxylic acids is 2. The van der Waals surface area contributed by atoms with Crippen LogP contribution in [0, 0.1) is 0 Å². The molecule has 2 heterocycles. The summed E-state index contributed by atoms with van der Waals surface area (Å²) in [5.74, 6) is -0.418. The maximum Gasteiger partial charge on any atom is 0.408 e. The lowest BCUT2D eigenvalue weighted by Gasteiger charge is -2.30. The van der Waals surface area contributed by atoms with Crippen molar-refractivity contribution in [2.24, 2.45) is 0 Å². The van der Waals surface area contributed by atoms with Crippen LogP contribution in [0.3, 0.4) is 0 Å². The molecule has 0 aliphatic carbocycles. The van der Waals surface area contributed by atoms with Crippen molar-refractivity contribution in [2.45, 2.75) is 64.7 Å². The predicted molar refractivity (Wildman–Crippen MR) is 142 cm³/mol. The van der Waals surface area contributed by atoms with Gasteiger partial charge in [0.05, 0.1) is 6.26 Å². The Bertz CT molecular complexity index is 1300. The number of hydrogen-bond donors (Lipinski definition) is 1. The lowest BCUT2D eigenvalue weighted by molar-refractivity contribution is -0.152. The minimum Gasteiger partial charge on any atom is -0.459 e. The van der Waals surface area contributed by atoms with Gasteiger partial charge in [-0.2, -0.15) is 0 Å². The molecule has 37 heavy (non-hydrogen) atoms. The van der Waals surface area contributed by atoms with E-state index in [1.54, 1.807) is 39.8 Å². The van der Waals surface area contributed by atoms with E-state index in [1.165, 1.54) is 7.05 Å². The third kappa shape index (κ3) is 8.04. The van der Waals surface area contributed by atoms with E-state index in [-0.39, 0.29) is 18.8 Å². The Kier molecular flexibility index (Phi) is 8.32. The summed E-state index contributed by atoms with van der Waals surface area (Å²) in [5.41, 5.74) is 0.942. The quantitative estimate of drug-likeness (QED) is 0.476. The highest BCUT2D eigenvalue weighted by atomic mass is 32.2. The highest BCUT2D eigenvalue weighted by Crippen LogP contribution is 2.22. The second-order valence-electron chi connectivity index (χ2n) is 10.5. The fourth-order valence-corrected chi connectivity index (χ4v) is 4.29. The first-order valence-corrected chi connectivity index (χ1v) is 13.8. The Hall–Kier alpha value is -3.40. The average Bonchev–Trinajstić information content (AvgIpc) is 2.77. The fraction of sp³-hybridized carbons (Fsp3) is 0.444. The van der Waals surface area contributed by atoms with Crippen LogP contribution in [0.5, 0.6) is 0 Å². The van der Waals surface area contributed by atoms with Crippen LogP contribution in [0.25, 0.3) is 0 Å². The molecule has 1 atom stereocenters. The van der Waals surface area contributed by atoms with Crippen molar-refractivity contribution in [3.05, 3.63) is 70.9 Å². The van der Waals surface area contributed by atoms with E-state index in [2.05, 4.69) is 10.3 Å². The molecule has 1 aromatic heterocycles. The molecule has 1 aliphatic rings. The predicted octanol–water partition coefficient (Wildman–Crippen LogP) is 3.70. The summed E-state index contributed by atoms with van der Waals surface area (Å²) in [6, 6.07) is 11.1. The Morgan fingerprint density at radius 2 is 1.78 bits per heavy atom. The van der Waals surface area contributed by atoms with Crippen LogP contribution in [0.4, 0.5) is 10.6 Å². The van der Waals surface area contributed by atoms with Gasteiger partial charge < -0.3 is 14.8 Å². The molecule has 4 bridgehead atoms. The van der Waals surface area contributed by atoms with Crippen LogP contribution in [0.1, 0.15) is 50.1 Å². The van der Waals surface area contributed by atoms with Gasteiger partial charge in [0.15, 0.2) is 0 Å². The second kappa shape index (κ2) is 10.9. The summed E-state index contributed by atoms with van der Waals surface area (Å²) in [7, 11) is -2.12. The molecule has 3 rings (SSSR count). The Morgan fingerprint density at radius 3 is 2.46 bits per heavy atom. The van der Waals surface area contributed by atoms with Crippen LogP contribution < -0.4 is 9.62 Å². The zero-order valence-corrected chi connectivity index (χ0v) is 23.0. The van der Waals surface area contributed by atoms with Gasteiger partial charge >= 0.3 is 12.1 Å². The molecule has 0 saturated heterocycles. The van der Waals surface area contributed by atoms with Crippen molar-refractivity contribution in [2.75, 3.05) is 17.6 Å². The van der Waals surface area contributed by atoms with Gasteiger partial charge in [0.2, 0.25) is 10.0 Å². The van der Waals surface area contributed by atoms with Gasteiger partial charge in [0, 0.05) is 25.6 Å². The molecule has 1 aliphatic heterocycles. The number of fused-ring (bicyclic) bond motifs is 4. The third-order valence-electron chi connectivity index (χ3n) is 5.74. The minimum atomic E-state index is -3.54. The van der Waals surface area contributed by atoms with Gasteiger partial charge in [-0.1, -0.05) is 36.4 Å². The molecule has 10 heteroatoms. The summed E-state index contributed by atoms with van der Waals surface area (Å²) < 4.78 is 36.4. The Labute approximate surface area is 218 Å².